The Hall–Kier alpha value is -2.43. The van der Waals surface area contributed by atoms with Gasteiger partial charge in [0.1, 0.15) is 16.1 Å². The summed E-state index contributed by atoms with van der Waals surface area (Å²) in [6.45, 7) is -2.74. The van der Waals surface area contributed by atoms with E-state index < -0.39 is 34.1 Å². The van der Waals surface area contributed by atoms with Crippen molar-refractivity contribution in [3.05, 3.63) is 93.0 Å². The van der Waals surface area contributed by atoms with Crippen molar-refractivity contribution >= 4 is 51.0 Å². The summed E-state index contributed by atoms with van der Waals surface area (Å²) in [7, 11) is -2.80. The number of benzene rings is 2. The Kier molecular flexibility index (Phi) is 15.2. The molecule has 1 N–H and O–H groups in total. The molecule has 2 aromatic carbocycles. The predicted molar refractivity (Wildman–Crippen MR) is 166 cm³/mol. The number of nitrogens with one attached hydrogen (secondary N) is 1. The molecule has 255 valence electrons. The average Bonchev–Trinajstić information content (AvgIpc) is 3.75. The van der Waals surface area contributed by atoms with Gasteiger partial charge in [-0.2, -0.15) is 55.2 Å². The third-order valence-corrected chi connectivity index (χ3v) is 10.6. The molecule has 2 atom stereocenters. The van der Waals surface area contributed by atoms with Crippen molar-refractivity contribution in [2.24, 2.45) is 5.92 Å². The number of carbonyl (C=O) groups excluding carboxylic acids is 1. The van der Waals surface area contributed by atoms with Gasteiger partial charge in [-0.1, -0.05) is 29.3 Å². The maximum atomic E-state index is 13.6. The Balaban J connectivity index is 0.00000144. The normalized spacial score (nSPS) is 16.7. The molecular weight excluding hydrogens is 789 g/mol. The van der Waals surface area contributed by atoms with Gasteiger partial charge in [0, 0.05) is 24.3 Å². The van der Waals surface area contributed by atoms with E-state index >= 15 is 0 Å². The van der Waals surface area contributed by atoms with Crippen LogP contribution in [0.4, 0.5) is 8.78 Å². The topological polar surface area (TPSA) is 150 Å². The summed E-state index contributed by atoms with van der Waals surface area (Å²) in [5, 5.41) is 10.6. The van der Waals surface area contributed by atoms with Gasteiger partial charge < -0.3 is 25.2 Å². The Bertz CT molecular complexity index is 1590. The van der Waals surface area contributed by atoms with E-state index in [1.165, 1.54) is 43.4 Å². The van der Waals surface area contributed by atoms with Gasteiger partial charge in [-0.05, 0) is 41.4 Å². The summed E-state index contributed by atoms with van der Waals surface area (Å²) in [5.74, 6) is -0.388. The summed E-state index contributed by atoms with van der Waals surface area (Å²) in [6.07, 6.45) is 2.82. The quantitative estimate of drug-likeness (QED) is 0.0935. The number of hydrogen-bond acceptors (Lipinski definition) is 9. The first-order chi connectivity index (χ1) is 22.5. The number of alkyl halides is 2. The fraction of sp³-hybridized carbons (Fsp3) is 0.379. The van der Waals surface area contributed by atoms with Gasteiger partial charge in [-0.3, -0.25) is 0 Å². The first-order valence-electron chi connectivity index (χ1n) is 13.8. The number of hydrogen-bond donors (Lipinski definition) is 0. The van der Waals surface area contributed by atoms with Crippen molar-refractivity contribution < 1.29 is 63.3 Å². The maximum absolute atomic E-state index is 13.6. The fourth-order valence-electron chi connectivity index (χ4n) is 4.42. The van der Waals surface area contributed by atoms with Crippen LogP contribution >= 0.6 is 35.0 Å². The number of nitrogens with zero attached hydrogens (tertiary/aromatic N) is 2. The third-order valence-electron chi connectivity index (χ3n) is 6.77. The SMILES string of the molecule is C[NH-].O=C(O[C@@H](Cc1c(Cl)c[n+]([O-])cc1Cl)c1ccc(OC(F)F)c(OCC2CC2)c1)C1SCCN1S(=O)(=O)c1c[c-]ccc1.[O]=[Tc+2]. The molecule has 0 bridgehead atoms. The number of thioether (sulfide) groups is 1. The molecule has 11 nitrogen and oxygen atoms in total. The second-order valence-corrected chi connectivity index (χ2v) is 13.7. The van der Waals surface area contributed by atoms with Crippen LogP contribution in [0.2, 0.25) is 10.0 Å². The van der Waals surface area contributed by atoms with Gasteiger partial charge in [-0.25, -0.2) is 13.2 Å². The molecule has 5 rings (SSSR count). The van der Waals surface area contributed by atoms with E-state index in [-0.39, 0.29) is 51.6 Å². The van der Waals surface area contributed by atoms with Crippen LogP contribution in [0.15, 0.2) is 59.8 Å². The van der Waals surface area contributed by atoms with E-state index in [0.29, 0.717) is 22.0 Å². The molecule has 0 radical (unpaired) electrons. The summed E-state index contributed by atoms with van der Waals surface area (Å²) < 4.78 is 79.0. The van der Waals surface area contributed by atoms with Gasteiger partial charge in [0.05, 0.1) is 6.61 Å². The van der Waals surface area contributed by atoms with Crippen molar-refractivity contribution in [1.82, 2.24) is 4.31 Å². The number of aromatic nitrogens is 1. The summed E-state index contributed by atoms with van der Waals surface area (Å²) in [6, 6.07) is 12.7. The Morgan fingerprint density at radius 2 is 1.87 bits per heavy atom. The molecule has 1 aromatic heterocycles. The molecule has 1 saturated heterocycles. The van der Waals surface area contributed by atoms with Crippen LogP contribution in [-0.2, 0) is 48.3 Å². The van der Waals surface area contributed by atoms with Gasteiger partial charge in [0.25, 0.3) is 0 Å². The predicted octanol–water partition coefficient (Wildman–Crippen LogP) is 5.96. The molecule has 0 spiro atoms. The van der Waals surface area contributed by atoms with Gasteiger partial charge in [-0.15, -0.1) is 11.8 Å². The Labute approximate surface area is 295 Å². The summed E-state index contributed by atoms with van der Waals surface area (Å²) in [4.78, 5) is 13.6. The molecule has 2 aliphatic rings. The van der Waals surface area contributed by atoms with Crippen molar-refractivity contribution in [2.45, 2.75) is 42.2 Å². The minimum atomic E-state index is -4.05. The van der Waals surface area contributed by atoms with E-state index in [4.69, 9.17) is 41.9 Å². The Morgan fingerprint density at radius 3 is 2.47 bits per heavy atom. The van der Waals surface area contributed by atoms with Crippen LogP contribution < -0.4 is 14.2 Å². The van der Waals surface area contributed by atoms with Crippen molar-refractivity contribution in [1.29, 1.82) is 0 Å². The second kappa shape index (κ2) is 18.4. The van der Waals surface area contributed by atoms with E-state index in [1.54, 1.807) is 6.07 Å². The first kappa shape index (κ1) is 39.0. The van der Waals surface area contributed by atoms with Gasteiger partial charge in [0.2, 0.25) is 0 Å². The van der Waals surface area contributed by atoms with Crippen LogP contribution in [0.3, 0.4) is 0 Å². The van der Waals surface area contributed by atoms with E-state index in [1.807, 2.05) is 0 Å². The summed E-state index contributed by atoms with van der Waals surface area (Å²) in [5.41, 5.74) is 6.35. The number of carbonyl (C=O) groups is 1. The van der Waals surface area contributed by atoms with E-state index in [9.17, 15) is 27.2 Å². The van der Waals surface area contributed by atoms with Crippen molar-refractivity contribution in [3.8, 4) is 11.5 Å². The monoisotopic (exact) mass is 816 g/mol. The molecule has 3 aromatic rings. The number of rotatable bonds is 12. The molecule has 1 aliphatic heterocycles. The zero-order chi connectivity index (χ0) is 34.7. The molecule has 2 heterocycles. The van der Waals surface area contributed by atoms with Crippen LogP contribution in [-0.4, -0.2) is 56.6 Å². The molecule has 0 amide bonds. The number of halogens is 4. The average molecular weight is 819 g/mol. The number of ether oxygens (including phenoxy) is 3. The number of pyridine rings is 1. The van der Waals surface area contributed by atoms with Gasteiger partial charge >= 0.3 is 34.9 Å². The first-order valence-corrected chi connectivity index (χ1v) is 17.8. The van der Waals surface area contributed by atoms with E-state index in [0.717, 1.165) is 60.2 Å². The fourth-order valence-corrected chi connectivity index (χ4v) is 8.05. The van der Waals surface area contributed by atoms with Crippen LogP contribution in [0, 0.1) is 17.2 Å². The second-order valence-electron chi connectivity index (χ2n) is 9.84. The van der Waals surface area contributed by atoms with Gasteiger partial charge in [0.15, 0.2) is 39.3 Å². The standard InChI is InChI=1S/C28H25Cl2F2N2O7S2.CH4N.O.Tc/c29-21-14-33(36)15-22(30)20(21)13-24(18-8-9-23(41-28(31)32)25(12-18)39-16-17-6-7-17)40-27(35)26-34(10-11-42-26)43(37,38)19-4-2-1-3-5-19;1-2;;/h1-2,4-5,8-9,12,14-15,17,24,26,28H,6-7,10-11,13,16H2;2H,1H3;;/q2*-1;;+2/t24-,26?;;;/m0.../s1. The zero-order valence-electron chi connectivity index (χ0n) is 24.6. The van der Waals surface area contributed by atoms with Crippen molar-refractivity contribution in [2.75, 3.05) is 26.0 Å². The third kappa shape index (κ3) is 10.5. The zero-order valence-corrected chi connectivity index (χ0v) is 29.6. The molecule has 18 heteroatoms. The molecule has 2 fully saturated rings. The molecular formula is C29H29Cl2F2N3O8S2Tc. The molecule has 1 saturated carbocycles. The van der Waals surface area contributed by atoms with Crippen molar-refractivity contribution in [3.63, 3.8) is 0 Å². The number of esters is 1. The molecule has 1 unspecified atom stereocenters. The van der Waals surface area contributed by atoms with Crippen LogP contribution in [0.5, 0.6) is 11.5 Å². The Morgan fingerprint density at radius 1 is 1.19 bits per heavy atom. The summed E-state index contributed by atoms with van der Waals surface area (Å²) >= 11 is 14.6. The number of sulfonamides is 1. The van der Waals surface area contributed by atoms with Crippen LogP contribution in [0.25, 0.3) is 5.73 Å². The minimum absolute atomic E-state index is 0.00572. The van der Waals surface area contributed by atoms with E-state index in [2.05, 4.69) is 10.8 Å². The molecule has 47 heavy (non-hydrogen) atoms. The molecule has 1 aliphatic carbocycles. The van der Waals surface area contributed by atoms with Crippen LogP contribution in [0.1, 0.15) is 30.1 Å².